The van der Waals surface area contributed by atoms with E-state index in [1.54, 1.807) is 24.5 Å². The molecule has 4 rings (SSSR count). The highest BCUT2D eigenvalue weighted by Gasteiger charge is 2.87. The van der Waals surface area contributed by atoms with Gasteiger partial charge in [-0.15, -0.1) is 23.2 Å². The van der Waals surface area contributed by atoms with Gasteiger partial charge in [-0.05, 0) is 11.6 Å². The van der Waals surface area contributed by atoms with Crippen LogP contribution >= 0.6 is 69.6 Å². The number of carbonyl (C=O) groups is 2. The molecule has 4 nitrogen and oxygen atoms in total. The summed E-state index contributed by atoms with van der Waals surface area (Å²) in [6, 6.07) is 3.45. The molecule has 132 valence electrons. The maximum Gasteiger partial charge on any atom is 0.235 e. The van der Waals surface area contributed by atoms with Crippen LogP contribution < -0.4 is 0 Å². The fourth-order valence-electron chi connectivity index (χ4n) is 3.88. The lowest BCUT2D eigenvalue weighted by atomic mass is 9.84. The standard InChI is InChI=1S/C15H8Cl6N2O2/c16-9-10(17)14(19)8-7(13(9,18)15(14,20)21)11(24)23(12(8)25)5-6-2-1-3-22-4-6/h1-4,7-8H,5H2. The van der Waals surface area contributed by atoms with E-state index in [4.69, 9.17) is 69.6 Å². The van der Waals surface area contributed by atoms with Gasteiger partial charge in [-0.25, -0.2) is 0 Å². The molecule has 1 aromatic rings. The molecule has 4 atom stereocenters. The Labute approximate surface area is 172 Å². The first-order valence-corrected chi connectivity index (χ1v) is 9.43. The summed E-state index contributed by atoms with van der Waals surface area (Å²) < 4.78 is -1.90. The number of nitrogens with zero attached hydrogens (tertiary/aromatic N) is 2. The van der Waals surface area contributed by atoms with Gasteiger partial charge >= 0.3 is 0 Å². The lowest BCUT2D eigenvalue weighted by Gasteiger charge is -2.34. The molecule has 2 bridgehead atoms. The van der Waals surface area contributed by atoms with Gasteiger partial charge in [0, 0.05) is 12.4 Å². The highest BCUT2D eigenvalue weighted by atomic mass is 35.5. The van der Waals surface area contributed by atoms with Gasteiger partial charge in [-0.2, -0.15) is 0 Å². The molecule has 2 aliphatic carbocycles. The number of allylic oxidation sites excluding steroid dienone is 2. The second-order valence-electron chi connectivity index (χ2n) is 6.21. The summed E-state index contributed by atoms with van der Waals surface area (Å²) >= 11 is 38.5. The Morgan fingerprint density at radius 1 is 1.00 bits per heavy atom. The highest BCUT2D eigenvalue weighted by molar-refractivity contribution is 6.66. The summed E-state index contributed by atoms with van der Waals surface area (Å²) in [6.45, 7) is 0.0330. The predicted octanol–water partition coefficient (Wildman–Crippen LogP) is 4.03. The first-order chi connectivity index (χ1) is 11.6. The molecule has 25 heavy (non-hydrogen) atoms. The summed E-state index contributed by atoms with van der Waals surface area (Å²) in [5.41, 5.74) is 0.678. The second-order valence-corrected chi connectivity index (χ2v) is 9.48. The van der Waals surface area contributed by atoms with E-state index in [1.165, 1.54) is 0 Å². The van der Waals surface area contributed by atoms with Crippen LogP contribution in [0.4, 0.5) is 0 Å². The fraction of sp³-hybridized carbons (Fsp3) is 0.400. The largest absolute Gasteiger partial charge is 0.277 e. The highest BCUT2D eigenvalue weighted by Crippen LogP contribution is 2.77. The van der Waals surface area contributed by atoms with Crippen molar-refractivity contribution in [2.75, 3.05) is 0 Å². The maximum absolute atomic E-state index is 13.0. The van der Waals surface area contributed by atoms with Gasteiger partial charge in [0.1, 0.15) is 9.75 Å². The average molecular weight is 461 g/mol. The molecule has 0 aromatic carbocycles. The zero-order valence-corrected chi connectivity index (χ0v) is 16.7. The number of aromatic nitrogens is 1. The van der Waals surface area contributed by atoms with Crippen LogP contribution in [0.1, 0.15) is 5.56 Å². The number of fused-ring (bicyclic) bond motifs is 5. The molecule has 10 heteroatoms. The predicted molar refractivity (Wildman–Crippen MR) is 97.1 cm³/mol. The van der Waals surface area contributed by atoms with Crippen molar-refractivity contribution < 1.29 is 9.59 Å². The lowest BCUT2D eigenvalue weighted by molar-refractivity contribution is -0.141. The molecule has 0 spiro atoms. The molecule has 0 N–H and O–H groups in total. The first kappa shape index (κ1) is 18.1. The molecule has 2 fully saturated rings. The summed E-state index contributed by atoms with van der Waals surface area (Å²) in [5.74, 6) is -3.27. The molecule has 3 aliphatic rings. The number of halogens is 6. The van der Waals surface area contributed by atoms with Crippen LogP contribution in [0, 0.1) is 11.8 Å². The van der Waals surface area contributed by atoms with Gasteiger partial charge in [-0.1, -0.05) is 52.5 Å². The molecule has 0 radical (unpaired) electrons. The number of amides is 2. The minimum atomic E-state index is -1.90. The molecular weight excluding hydrogens is 453 g/mol. The van der Waals surface area contributed by atoms with Crippen molar-refractivity contribution in [3.8, 4) is 0 Å². The zero-order chi connectivity index (χ0) is 18.4. The average Bonchev–Trinajstić information content (AvgIpc) is 2.95. The Balaban J connectivity index is 1.81. The molecule has 1 aromatic heterocycles. The van der Waals surface area contributed by atoms with Crippen molar-refractivity contribution in [3.05, 3.63) is 40.2 Å². The van der Waals surface area contributed by atoms with Crippen LogP contribution in [0.25, 0.3) is 0 Å². The Kier molecular flexibility index (Phi) is 3.92. The smallest absolute Gasteiger partial charge is 0.235 e. The number of rotatable bonds is 2. The van der Waals surface area contributed by atoms with Crippen LogP contribution in [0.2, 0.25) is 0 Å². The van der Waals surface area contributed by atoms with E-state index in [1.807, 2.05) is 0 Å². The molecule has 2 heterocycles. The number of pyridine rings is 1. The van der Waals surface area contributed by atoms with E-state index >= 15 is 0 Å². The second kappa shape index (κ2) is 5.40. The molecule has 1 aliphatic heterocycles. The van der Waals surface area contributed by atoms with E-state index in [9.17, 15) is 9.59 Å². The molecule has 4 unspecified atom stereocenters. The quantitative estimate of drug-likeness (QED) is 0.494. The Morgan fingerprint density at radius 3 is 1.96 bits per heavy atom. The van der Waals surface area contributed by atoms with E-state index < -0.39 is 37.7 Å². The van der Waals surface area contributed by atoms with Crippen LogP contribution in [0.5, 0.6) is 0 Å². The molecular formula is C15H8Cl6N2O2. The summed E-state index contributed by atoms with van der Waals surface area (Å²) in [7, 11) is 0. The monoisotopic (exact) mass is 458 g/mol. The van der Waals surface area contributed by atoms with Crippen molar-refractivity contribution in [2.45, 2.75) is 20.6 Å². The normalized spacial score (nSPS) is 38.7. The zero-order valence-electron chi connectivity index (χ0n) is 12.1. The molecule has 1 saturated carbocycles. The number of carbonyl (C=O) groups excluding carboxylic acids is 2. The van der Waals surface area contributed by atoms with Crippen molar-refractivity contribution in [3.63, 3.8) is 0 Å². The fourth-order valence-corrected chi connectivity index (χ4v) is 6.81. The third kappa shape index (κ3) is 1.86. The molecule has 1 saturated heterocycles. The Hall–Kier alpha value is -0.230. The van der Waals surface area contributed by atoms with Gasteiger partial charge in [0.05, 0.1) is 28.4 Å². The van der Waals surface area contributed by atoms with Crippen molar-refractivity contribution in [1.29, 1.82) is 0 Å². The van der Waals surface area contributed by atoms with Crippen LogP contribution in [0.15, 0.2) is 34.6 Å². The van der Waals surface area contributed by atoms with E-state index in [0.717, 1.165) is 4.90 Å². The third-order valence-electron chi connectivity index (χ3n) is 5.06. The summed E-state index contributed by atoms with van der Waals surface area (Å²) in [5, 5.41) is -0.192. The molecule has 2 amide bonds. The van der Waals surface area contributed by atoms with Crippen molar-refractivity contribution in [1.82, 2.24) is 9.88 Å². The van der Waals surface area contributed by atoms with Crippen LogP contribution in [0.3, 0.4) is 0 Å². The van der Waals surface area contributed by atoms with E-state index in [0.29, 0.717) is 5.56 Å². The number of imide groups is 1. The topological polar surface area (TPSA) is 50.3 Å². The van der Waals surface area contributed by atoms with Gasteiger partial charge in [0.25, 0.3) is 0 Å². The van der Waals surface area contributed by atoms with Crippen molar-refractivity contribution >= 4 is 81.4 Å². The summed E-state index contributed by atoms with van der Waals surface area (Å²) in [4.78, 5) is 27.5. The number of hydrogen-bond donors (Lipinski definition) is 0. The summed E-state index contributed by atoms with van der Waals surface area (Å²) in [6.07, 6.45) is 3.15. The lowest BCUT2D eigenvalue weighted by Crippen LogP contribution is -2.49. The number of likely N-dealkylation sites (tertiary alicyclic amines) is 1. The van der Waals surface area contributed by atoms with Crippen LogP contribution in [-0.4, -0.2) is 35.8 Å². The van der Waals surface area contributed by atoms with Gasteiger partial charge in [-0.3, -0.25) is 19.5 Å². The van der Waals surface area contributed by atoms with Crippen molar-refractivity contribution in [2.24, 2.45) is 11.8 Å². The van der Waals surface area contributed by atoms with Crippen LogP contribution in [-0.2, 0) is 16.1 Å². The van der Waals surface area contributed by atoms with E-state index in [-0.39, 0.29) is 16.6 Å². The Bertz CT molecular complexity index is 798. The van der Waals surface area contributed by atoms with E-state index in [2.05, 4.69) is 4.98 Å². The number of alkyl halides is 4. The van der Waals surface area contributed by atoms with Gasteiger partial charge < -0.3 is 0 Å². The number of hydrogen-bond acceptors (Lipinski definition) is 3. The minimum Gasteiger partial charge on any atom is -0.277 e. The van der Waals surface area contributed by atoms with Gasteiger partial charge in [0.15, 0.2) is 4.33 Å². The SMILES string of the molecule is O=C1C2C(C(=O)N1Cc1cccnc1)C1(Cl)C(Cl)=C(Cl)C2(Cl)C1(Cl)Cl. The third-order valence-corrected chi connectivity index (χ3v) is 9.32. The Morgan fingerprint density at radius 2 is 1.52 bits per heavy atom. The minimum absolute atomic E-state index is 0.0330. The maximum atomic E-state index is 13.0. The van der Waals surface area contributed by atoms with Gasteiger partial charge in [0.2, 0.25) is 11.8 Å². The first-order valence-electron chi connectivity index (χ1n) is 7.16.